The average Bonchev–Trinajstić information content (AvgIpc) is 1.82. The van der Waals surface area contributed by atoms with Crippen LogP contribution in [0, 0.1) is 5.21 Å². The molecule has 0 saturated carbocycles. The second kappa shape index (κ2) is 4.48. The Morgan fingerprint density at radius 3 is 2.73 bits per heavy atom. The molecule has 0 rings (SSSR count). The van der Waals surface area contributed by atoms with E-state index >= 15 is 0 Å². The number of carbonyl (C=O) groups is 1. The van der Waals surface area contributed by atoms with Crippen molar-refractivity contribution in [2.24, 2.45) is 5.28 Å². The first-order chi connectivity index (χ1) is 5.02. The molecule has 0 aliphatic rings. The van der Waals surface area contributed by atoms with Crippen molar-refractivity contribution in [2.75, 3.05) is 6.54 Å². The molecule has 0 aromatic heterocycles. The summed E-state index contributed by atoms with van der Waals surface area (Å²) in [5.74, 6) is -1.24. The topological polar surface area (TPSA) is 85.0 Å². The van der Waals surface area contributed by atoms with E-state index in [2.05, 4.69) is 10.1 Å². The van der Waals surface area contributed by atoms with E-state index in [0.717, 1.165) is 0 Å². The van der Waals surface area contributed by atoms with Gasteiger partial charge in [-0.05, 0) is 18.7 Å². The number of rotatable bonds is 4. The van der Waals surface area contributed by atoms with E-state index < -0.39 is 12.5 Å². The molecule has 0 atom stereocenters. The Kier molecular flexibility index (Phi) is 3.94. The van der Waals surface area contributed by atoms with E-state index in [4.69, 9.17) is 5.11 Å². The van der Waals surface area contributed by atoms with Gasteiger partial charge in [0.25, 0.3) is 6.54 Å². The molecule has 6 nitrogen and oxygen atoms in total. The molecular weight excluding hydrogens is 152 g/mol. The number of hydrogen-bond donors (Lipinski definition) is 1. The molecule has 0 radical (unpaired) electrons. The van der Waals surface area contributed by atoms with Crippen LogP contribution in [0.2, 0.25) is 0 Å². The molecule has 0 aromatic rings. The van der Waals surface area contributed by atoms with Crippen LogP contribution in [-0.2, 0) is 9.63 Å². The van der Waals surface area contributed by atoms with Crippen molar-refractivity contribution >= 4 is 5.97 Å². The van der Waals surface area contributed by atoms with E-state index in [1.54, 1.807) is 13.8 Å². The van der Waals surface area contributed by atoms with E-state index in [-0.39, 0.29) is 11.0 Å². The summed E-state index contributed by atoms with van der Waals surface area (Å²) < 4.78 is 0. The van der Waals surface area contributed by atoms with E-state index in [1.807, 2.05) is 0 Å². The molecule has 0 unspecified atom stereocenters. The first-order valence-corrected chi connectivity index (χ1v) is 3.05. The van der Waals surface area contributed by atoms with Crippen LogP contribution < -0.4 is 0 Å². The molecule has 0 aliphatic heterocycles. The molecule has 64 valence electrons. The first-order valence-electron chi connectivity index (χ1n) is 3.05. The standard InChI is InChI=1S/C5H10N2O4/c1-4(2)11-6-7(10)3-5(8)9/h4H,3H2,1-2H3,(H,8,9). The smallest absolute Gasteiger partial charge is 0.373 e. The fraction of sp³-hybridized carbons (Fsp3) is 0.800. The minimum absolute atomic E-state index is 0.0255. The monoisotopic (exact) mass is 162 g/mol. The van der Waals surface area contributed by atoms with Gasteiger partial charge in [-0.25, -0.2) is 4.79 Å². The van der Waals surface area contributed by atoms with Crippen molar-refractivity contribution in [3.63, 3.8) is 0 Å². The predicted molar refractivity (Wildman–Crippen MR) is 34.8 cm³/mol. The van der Waals surface area contributed by atoms with Crippen LogP contribution in [0.4, 0.5) is 0 Å². The lowest BCUT2D eigenvalue weighted by atomic mass is 10.5. The van der Waals surface area contributed by atoms with Gasteiger partial charge in [0.1, 0.15) is 6.10 Å². The Bertz CT molecular complexity index is 166. The summed E-state index contributed by atoms with van der Waals surface area (Å²) in [7, 11) is 0. The van der Waals surface area contributed by atoms with Crippen molar-refractivity contribution < 1.29 is 19.6 Å². The highest BCUT2D eigenvalue weighted by Crippen LogP contribution is 1.88. The SMILES string of the molecule is CC(C)ON=[N+]([O-])CC(=O)O. The predicted octanol–water partition coefficient (Wildman–Crippen LogP) is 0.374. The number of carboxylic acids is 1. The number of hydrogen-bond acceptors (Lipinski definition) is 4. The van der Waals surface area contributed by atoms with Crippen LogP contribution >= 0.6 is 0 Å². The third-order valence-electron chi connectivity index (χ3n) is 0.620. The Balaban J connectivity index is 3.72. The molecule has 0 saturated heterocycles. The lowest BCUT2D eigenvalue weighted by molar-refractivity contribution is -0.551. The van der Waals surface area contributed by atoms with Crippen LogP contribution in [0.15, 0.2) is 5.28 Å². The molecule has 0 amide bonds. The zero-order valence-corrected chi connectivity index (χ0v) is 6.35. The van der Waals surface area contributed by atoms with Gasteiger partial charge in [0, 0.05) is 0 Å². The van der Waals surface area contributed by atoms with Crippen molar-refractivity contribution in [2.45, 2.75) is 20.0 Å². The third kappa shape index (κ3) is 6.56. The molecule has 0 spiro atoms. The summed E-state index contributed by atoms with van der Waals surface area (Å²) in [6.45, 7) is 2.66. The summed E-state index contributed by atoms with van der Waals surface area (Å²) in [5.41, 5.74) is 0. The normalized spacial score (nSPS) is 11.7. The van der Waals surface area contributed by atoms with Crippen molar-refractivity contribution in [3.8, 4) is 0 Å². The zero-order chi connectivity index (χ0) is 8.85. The Hall–Kier alpha value is -1.33. The highest BCUT2D eigenvalue weighted by molar-refractivity contribution is 5.67. The van der Waals surface area contributed by atoms with Crippen LogP contribution in [-0.4, -0.2) is 28.6 Å². The highest BCUT2D eigenvalue weighted by Gasteiger charge is 2.04. The van der Waals surface area contributed by atoms with Crippen LogP contribution in [0.25, 0.3) is 0 Å². The van der Waals surface area contributed by atoms with E-state index in [1.165, 1.54) is 0 Å². The molecule has 0 fully saturated rings. The number of hydroxylamine groups is 1. The van der Waals surface area contributed by atoms with Gasteiger partial charge in [0.15, 0.2) is 0 Å². The van der Waals surface area contributed by atoms with Gasteiger partial charge in [-0.2, -0.15) is 0 Å². The van der Waals surface area contributed by atoms with Crippen molar-refractivity contribution in [3.05, 3.63) is 5.21 Å². The summed E-state index contributed by atoms with van der Waals surface area (Å²) in [6.07, 6.45) is -0.222. The van der Waals surface area contributed by atoms with Gasteiger partial charge >= 0.3 is 5.97 Å². The third-order valence-corrected chi connectivity index (χ3v) is 0.620. The molecule has 11 heavy (non-hydrogen) atoms. The van der Waals surface area contributed by atoms with Crippen molar-refractivity contribution in [1.29, 1.82) is 0 Å². The minimum Gasteiger partial charge on any atom is -0.597 e. The van der Waals surface area contributed by atoms with E-state index in [9.17, 15) is 10.0 Å². The Morgan fingerprint density at radius 2 is 2.36 bits per heavy atom. The van der Waals surface area contributed by atoms with Gasteiger partial charge in [-0.15, -0.1) is 0 Å². The second-order valence-electron chi connectivity index (χ2n) is 2.14. The number of nitrogens with zero attached hydrogens (tertiary/aromatic N) is 2. The maximum absolute atomic E-state index is 10.4. The maximum atomic E-state index is 10.4. The van der Waals surface area contributed by atoms with Crippen LogP contribution in [0.1, 0.15) is 13.8 Å². The number of aliphatic carboxylic acids is 1. The van der Waals surface area contributed by atoms with Gasteiger partial charge < -0.3 is 15.2 Å². The molecule has 0 bridgehead atoms. The zero-order valence-electron chi connectivity index (χ0n) is 6.35. The first kappa shape index (κ1) is 9.67. The quantitative estimate of drug-likeness (QED) is 0.367. The van der Waals surface area contributed by atoms with Gasteiger partial charge in [-0.3, -0.25) is 0 Å². The summed E-state index contributed by atoms with van der Waals surface area (Å²) >= 11 is 0. The maximum Gasteiger partial charge on any atom is 0.373 e. The molecule has 6 heteroatoms. The van der Waals surface area contributed by atoms with Crippen LogP contribution in [0.5, 0.6) is 0 Å². The average molecular weight is 162 g/mol. The molecule has 0 aromatic carbocycles. The van der Waals surface area contributed by atoms with Gasteiger partial charge in [0.2, 0.25) is 5.28 Å². The fourth-order valence-corrected chi connectivity index (χ4v) is 0.291. The Morgan fingerprint density at radius 1 is 1.82 bits per heavy atom. The second-order valence-corrected chi connectivity index (χ2v) is 2.14. The largest absolute Gasteiger partial charge is 0.597 e. The van der Waals surface area contributed by atoms with Crippen LogP contribution in [0.3, 0.4) is 0 Å². The minimum atomic E-state index is -1.24. The van der Waals surface area contributed by atoms with Gasteiger partial charge in [0.05, 0.1) is 0 Å². The lowest BCUT2D eigenvalue weighted by Gasteiger charge is -1.99. The molecule has 0 aliphatic carbocycles. The molecule has 0 heterocycles. The van der Waals surface area contributed by atoms with E-state index in [0.29, 0.717) is 0 Å². The van der Waals surface area contributed by atoms with Gasteiger partial charge in [-0.1, -0.05) is 0 Å². The fourth-order valence-electron chi connectivity index (χ4n) is 0.291. The highest BCUT2D eigenvalue weighted by atomic mass is 16.7. The Labute approximate surface area is 63.6 Å². The lowest BCUT2D eigenvalue weighted by Crippen LogP contribution is -2.14. The molecular formula is C5H10N2O4. The summed E-state index contributed by atoms with van der Waals surface area (Å²) in [6, 6.07) is 0. The summed E-state index contributed by atoms with van der Waals surface area (Å²) in [4.78, 5) is 14.4. The number of carboxylic acid groups (broad SMARTS) is 1. The van der Waals surface area contributed by atoms with Crippen molar-refractivity contribution in [1.82, 2.24) is 0 Å². The summed E-state index contributed by atoms with van der Waals surface area (Å²) in [5, 5.41) is 21.5. The molecule has 1 N–H and O–H groups in total.